The summed E-state index contributed by atoms with van der Waals surface area (Å²) in [5.74, 6) is -3.25. The molecule has 4 heterocycles. The van der Waals surface area contributed by atoms with Gasteiger partial charge in [-0.2, -0.15) is 26.3 Å². The minimum absolute atomic E-state index is 0.0499. The summed E-state index contributed by atoms with van der Waals surface area (Å²) in [7, 11) is 0. The van der Waals surface area contributed by atoms with Crippen LogP contribution in [0.2, 0.25) is 0 Å². The molecule has 48 heavy (non-hydrogen) atoms. The fourth-order valence-electron chi connectivity index (χ4n) is 6.27. The number of pyridine rings is 1. The molecule has 17 heteroatoms. The number of rotatable bonds is 7. The number of benzene rings is 1. The number of aromatic nitrogens is 1. The van der Waals surface area contributed by atoms with Crippen LogP contribution in [-0.4, -0.2) is 62.3 Å². The molecule has 9 nitrogen and oxygen atoms in total. The van der Waals surface area contributed by atoms with Crippen LogP contribution >= 0.6 is 11.3 Å². The number of carboxylic acid groups (broad SMARTS) is 1. The van der Waals surface area contributed by atoms with Gasteiger partial charge in [0.25, 0.3) is 11.8 Å². The Bertz CT molecular complexity index is 1700. The van der Waals surface area contributed by atoms with Crippen molar-refractivity contribution >= 4 is 29.3 Å². The van der Waals surface area contributed by atoms with Crippen molar-refractivity contribution in [3.05, 3.63) is 81.1 Å². The van der Waals surface area contributed by atoms with Crippen LogP contribution in [0.4, 0.5) is 35.5 Å². The minimum atomic E-state index is -4.97. The molecule has 0 spiro atoms. The summed E-state index contributed by atoms with van der Waals surface area (Å²) >= 11 is 0.281. The second kappa shape index (κ2) is 13.2. The van der Waals surface area contributed by atoms with Crippen molar-refractivity contribution in [2.45, 2.75) is 75.8 Å². The van der Waals surface area contributed by atoms with Crippen molar-refractivity contribution in [1.82, 2.24) is 14.8 Å². The molecule has 1 N–H and O–H groups in total. The molecule has 3 atom stereocenters. The van der Waals surface area contributed by atoms with Gasteiger partial charge in [0.2, 0.25) is 5.60 Å². The Kier molecular flexibility index (Phi) is 9.63. The number of fused-ring (bicyclic) bond motifs is 1. The predicted octanol–water partition coefficient (Wildman–Crippen LogP) is 7.15. The van der Waals surface area contributed by atoms with Gasteiger partial charge in [0.05, 0.1) is 11.6 Å². The number of carbonyl (C=O) groups is 3. The molecule has 1 aromatic carbocycles. The maximum absolute atomic E-state index is 14.9. The van der Waals surface area contributed by atoms with Gasteiger partial charge in [0, 0.05) is 43.6 Å². The van der Waals surface area contributed by atoms with E-state index in [2.05, 4.69) is 4.98 Å². The number of hydrogen-bond acceptors (Lipinski definition) is 7. The highest BCUT2D eigenvalue weighted by Gasteiger charge is 2.57. The topological polar surface area (TPSA) is 109 Å². The van der Waals surface area contributed by atoms with E-state index in [0.29, 0.717) is 17.7 Å². The van der Waals surface area contributed by atoms with E-state index in [1.165, 1.54) is 6.07 Å². The second-order valence-corrected chi connectivity index (χ2v) is 12.2. The number of amides is 2. The van der Waals surface area contributed by atoms with E-state index in [0.717, 1.165) is 39.6 Å². The van der Waals surface area contributed by atoms with E-state index in [9.17, 15) is 50.2 Å². The summed E-state index contributed by atoms with van der Waals surface area (Å²) in [5, 5.41) is 10.5. The highest BCUT2D eigenvalue weighted by Crippen LogP contribution is 2.43. The number of halogens is 7. The van der Waals surface area contributed by atoms with Crippen molar-refractivity contribution in [3.8, 4) is 5.75 Å². The van der Waals surface area contributed by atoms with Crippen LogP contribution in [0, 0.1) is 5.82 Å². The first kappa shape index (κ1) is 34.9. The lowest BCUT2D eigenvalue weighted by atomic mass is 9.79. The number of carbonyl (C=O) groups excluding carboxylic acids is 2. The molecule has 2 amide bonds. The first-order valence-corrected chi connectivity index (χ1v) is 15.6. The van der Waals surface area contributed by atoms with Crippen molar-refractivity contribution in [2.24, 2.45) is 0 Å². The molecular weight excluding hydrogens is 675 g/mol. The first-order valence-electron chi connectivity index (χ1n) is 14.7. The quantitative estimate of drug-likeness (QED) is 0.206. The van der Waals surface area contributed by atoms with E-state index in [-0.39, 0.29) is 55.5 Å². The summed E-state index contributed by atoms with van der Waals surface area (Å²) in [6.45, 7) is 1.10. The van der Waals surface area contributed by atoms with Crippen LogP contribution in [-0.2, 0) is 34.8 Å². The molecule has 1 saturated heterocycles. The number of alkyl halides is 6. The Morgan fingerprint density at radius 2 is 1.81 bits per heavy atom. The minimum Gasteiger partial charge on any atom is -0.474 e. The number of thiophene rings is 1. The van der Waals surface area contributed by atoms with Gasteiger partial charge in [-0.15, -0.1) is 11.3 Å². The van der Waals surface area contributed by atoms with Gasteiger partial charge in [-0.3, -0.25) is 19.5 Å². The van der Waals surface area contributed by atoms with E-state index in [1.807, 2.05) is 0 Å². The largest absolute Gasteiger partial charge is 0.507 e. The van der Waals surface area contributed by atoms with Crippen LogP contribution in [0.25, 0.3) is 0 Å². The zero-order valence-corrected chi connectivity index (χ0v) is 25.9. The number of nitrogens with zero attached hydrogens (tertiary/aromatic N) is 3. The molecule has 0 aliphatic carbocycles. The molecule has 2 aromatic heterocycles. The van der Waals surface area contributed by atoms with Gasteiger partial charge in [-0.05, 0) is 48.2 Å². The molecule has 0 saturated carbocycles. The highest BCUT2D eigenvalue weighted by atomic mass is 32.1. The highest BCUT2D eigenvalue weighted by molar-refractivity contribution is 7.10. The number of piperidine rings is 1. The summed E-state index contributed by atoms with van der Waals surface area (Å²) in [5.41, 5.74) is -3.76. The predicted molar refractivity (Wildman–Crippen MR) is 154 cm³/mol. The van der Waals surface area contributed by atoms with Crippen LogP contribution in [0.3, 0.4) is 0 Å². The van der Waals surface area contributed by atoms with E-state index in [4.69, 9.17) is 9.47 Å². The van der Waals surface area contributed by atoms with Crippen LogP contribution in [0.1, 0.15) is 64.7 Å². The monoisotopic (exact) mass is 703 g/mol. The van der Waals surface area contributed by atoms with Gasteiger partial charge in [0.1, 0.15) is 22.1 Å². The zero-order valence-electron chi connectivity index (χ0n) is 25.1. The summed E-state index contributed by atoms with van der Waals surface area (Å²) in [4.78, 5) is 45.1. The van der Waals surface area contributed by atoms with Crippen molar-refractivity contribution < 1.29 is 59.7 Å². The van der Waals surface area contributed by atoms with Gasteiger partial charge in [-0.25, -0.2) is 9.18 Å². The molecule has 2 aliphatic rings. The molecule has 0 unspecified atom stereocenters. The van der Waals surface area contributed by atoms with Crippen molar-refractivity contribution in [1.29, 1.82) is 0 Å². The number of likely N-dealkylation sites (tertiary alicyclic amines) is 1. The summed E-state index contributed by atoms with van der Waals surface area (Å²) < 4.78 is 108. The fraction of sp³-hybridized carbons (Fsp3) is 0.419. The number of ether oxygens (including phenoxy) is 2. The van der Waals surface area contributed by atoms with Crippen LogP contribution in [0.5, 0.6) is 5.75 Å². The third kappa shape index (κ3) is 6.91. The zero-order chi connectivity index (χ0) is 35.0. The fourth-order valence-corrected chi connectivity index (χ4v) is 6.94. The standard InChI is InChI=1S/C31H28F7N3O6S/c1-2-5-22-29(47-20-14-23(48-16-20)31(36,37)38,9-4-11-40(22)26(42)25-21(30(33,34)35)6-3-10-39-25)27(43)41-15-18-12-19(32)8-7-17(18)13-24(41)46-28(44)45/h3,6-8,10,12,14,16,22,24H,2,4-5,9,11,13,15H2,1H3,(H,44,45)/t22-,24-,29+/m1/s1. The normalized spacial score (nSPS) is 21.4. The molecule has 3 aromatic rings. The van der Waals surface area contributed by atoms with Gasteiger partial charge < -0.3 is 19.5 Å². The Morgan fingerprint density at radius 3 is 2.46 bits per heavy atom. The Labute approximate surface area is 272 Å². The van der Waals surface area contributed by atoms with Crippen molar-refractivity contribution in [2.75, 3.05) is 6.54 Å². The Morgan fingerprint density at radius 1 is 1.06 bits per heavy atom. The lowest BCUT2D eigenvalue weighted by molar-refractivity contribution is -0.172. The maximum atomic E-state index is 14.9. The second-order valence-electron chi connectivity index (χ2n) is 11.3. The average molecular weight is 704 g/mol. The van der Waals surface area contributed by atoms with Gasteiger partial charge in [-0.1, -0.05) is 19.4 Å². The molecule has 5 rings (SSSR count). The SMILES string of the molecule is CCC[C@H]1N(C(=O)c2ncccc2C(F)(F)F)CCC[C@@]1(Oc1csc(C(F)(F)F)c1)C(=O)N1Cc2cc(F)ccc2C[C@H]1OC(=O)O. The van der Waals surface area contributed by atoms with Crippen LogP contribution < -0.4 is 4.74 Å². The molecule has 0 radical (unpaired) electrons. The van der Waals surface area contributed by atoms with E-state index < -0.39 is 82.4 Å². The Balaban J connectivity index is 1.65. The molecular formula is C31H28F7N3O6S. The van der Waals surface area contributed by atoms with E-state index >= 15 is 0 Å². The smallest absolute Gasteiger partial charge is 0.474 e. The van der Waals surface area contributed by atoms with Gasteiger partial charge >= 0.3 is 18.5 Å². The van der Waals surface area contributed by atoms with Crippen molar-refractivity contribution in [3.63, 3.8) is 0 Å². The van der Waals surface area contributed by atoms with Crippen LogP contribution in [0.15, 0.2) is 48.0 Å². The average Bonchev–Trinajstić information content (AvgIpc) is 3.49. The maximum Gasteiger partial charge on any atom is 0.507 e. The first-order chi connectivity index (χ1) is 22.5. The summed E-state index contributed by atoms with van der Waals surface area (Å²) in [6.07, 6.45) is -12.3. The summed E-state index contributed by atoms with van der Waals surface area (Å²) in [6, 6.07) is 4.65. The molecule has 0 bridgehead atoms. The van der Waals surface area contributed by atoms with Gasteiger partial charge in [0.15, 0.2) is 6.23 Å². The molecule has 1 fully saturated rings. The third-order valence-corrected chi connectivity index (χ3v) is 9.22. The molecule has 258 valence electrons. The number of hydrogen-bond donors (Lipinski definition) is 1. The lowest BCUT2D eigenvalue weighted by Crippen LogP contribution is -2.69. The molecule has 2 aliphatic heterocycles. The third-order valence-electron chi connectivity index (χ3n) is 8.27. The Hall–Kier alpha value is -4.41. The van der Waals surface area contributed by atoms with E-state index in [1.54, 1.807) is 6.92 Å². The lowest BCUT2D eigenvalue weighted by Gasteiger charge is -2.51.